The number of anilines is 1. The number of fused-ring (bicyclic) bond motifs is 1. The molecule has 2 aromatic carbocycles. The second-order valence-electron chi connectivity index (χ2n) is 8.72. The normalized spacial score (nSPS) is 12.2. The molecule has 37 heavy (non-hydrogen) atoms. The number of benzene rings is 2. The fraction of sp³-hybridized carbons (Fsp3) is 0.333. The highest BCUT2D eigenvalue weighted by Gasteiger charge is 2.29. The van der Waals surface area contributed by atoms with Gasteiger partial charge in [0.05, 0.1) is 0 Å². The smallest absolute Gasteiger partial charge is 0.298 e. The number of ether oxygens (including phenoxy) is 1. The number of unbranched alkanes of at least 4 members (excludes halogenated alkanes) is 1. The summed E-state index contributed by atoms with van der Waals surface area (Å²) >= 11 is 0. The summed E-state index contributed by atoms with van der Waals surface area (Å²) in [7, 11) is 1.44. The Morgan fingerprint density at radius 2 is 1.89 bits per heavy atom. The summed E-state index contributed by atoms with van der Waals surface area (Å²) in [5.74, 6) is -1.36. The third-order valence-electron chi connectivity index (χ3n) is 6.19. The Morgan fingerprint density at radius 1 is 1.11 bits per heavy atom. The number of amides is 2. The Bertz CT molecular complexity index is 1340. The zero-order chi connectivity index (χ0) is 26.4. The lowest BCUT2D eigenvalue weighted by Crippen LogP contribution is -2.32. The van der Waals surface area contributed by atoms with Crippen molar-refractivity contribution in [2.24, 2.45) is 0 Å². The van der Waals surface area contributed by atoms with Crippen LogP contribution < -0.4 is 25.8 Å². The number of carbonyl (C=O) groups is 2. The van der Waals surface area contributed by atoms with Crippen LogP contribution >= 0.6 is 0 Å². The monoisotopic (exact) mass is 507 g/mol. The molecule has 1 aliphatic rings. The van der Waals surface area contributed by atoms with Crippen LogP contribution in [0.2, 0.25) is 0 Å². The van der Waals surface area contributed by atoms with Crippen LogP contribution in [-0.4, -0.2) is 41.5 Å². The van der Waals surface area contributed by atoms with Gasteiger partial charge in [0.15, 0.2) is 5.69 Å². The maximum atomic E-state index is 13.7. The highest BCUT2D eigenvalue weighted by molar-refractivity contribution is 5.97. The van der Waals surface area contributed by atoms with Crippen molar-refractivity contribution in [3.8, 4) is 5.75 Å². The van der Waals surface area contributed by atoms with Gasteiger partial charge in [0, 0.05) is 38.8 Å². The van der Waals surface area contributed by atoms with Gasteiger partial charge in [0.2, 0.25) is 11.7 Å². The highest BCUT2D eigenvalue weighted by atomic mass is 19.1. The molecule has 2 heterocycles. The molecule has 0 aliphatic carbocycles. The summed E-state index contributed by atoms with van der Waals surface area (Å²) in [5, 5.41) is 5.19. The van der Waals surface area contributed by atoms with E-state index < -0.39 is 23.2 Å². The third-order valence-corrected chi connectivity index (χ3v) is 6.19. The van der Waals surface area contributed by atoms with Crippen molar-refractivity contribution in [2.75, 3.05) is 25.0 Å². The van der Waals surface area contributed by atoms with Gasteiger partial charge in [-0.3, -0.25) is 19.0 Å². The molecule has 0 saturated carbocycles. The molecule has 0 fully saturated rings. The lowest BCUT2D eigenvalue weighted by Gasteiger charge is -2.19. The van der Waals surface area contributed by atoms with E-state index in [1.165, 1.54) is 23.7 Å². The van der Waals surface area contributed by atoms with Gasteiger partial charge < -0.3 is 20.3 Å². The first-order valence-electron chi connectivity index (χ1n) is 12.3. The van der Waals surface area contributed by atoms with E-state index in [1.807, 2.05) is 35.2 Å². The molecule has 0 bridgehead atoms. The fourth-order valence-corrected chi connectivity index (χ4v) is 4.17. The maximum Gasteiger partial charge on any atom is 0.298 e. The van der Waals surface area contributed by atoms with Crippen LogP contribution in [-0.2, 0) is 19.7 Å². The van der Waals surface area contributed by atoms with Crippen molar-refractivity contribution in [1.82, 2.24) is 20.2 Å². The molecule has 194 valence electrons. The van der Waals surface area contributed by atoms with Crippen molar-refractivity contribution in [3.63, 3.8) is 0 Å². The van der Waals surface area contributed by atoms with Crippen molar-refractivity contribution < 1.29 is 18.7 Å². The summed E-state index contributed by atoms with van der Waals surface area (Å²) in [6.07, 6.45) is 1.91. The van der Waals surface area contributed by atoms with E-state index in [9.17, 15) is 18.8 Å². The molecule has 10 heteroatoms. The van der Waals surface area contributed by atoms with Crippen LogP contribution in [0, 0.1) is 5.82 Å². The molecule has 0 atom stereocenters. The van der Waals surface area contributed by atoms with Gasteiger partial charge in [-0.1, -0.05) is 49.7 Å². The highest BCUT2D eigenvalue weighted by Crippen LogP contribution is 2.23. The molecule has 2 amide bonds. The average molecular weight is 508 g/mol. The predicted molar refractivity (Wildman–Crippen MR) is 137 cm³/mol. The number of nitrogens with zero attached hydrogens (tertiary/aromatic N) is 3. The molecule has 0 spiro atoms. The number of nitrogens with one attached hydrogen (secondary N) is 2. The fourth-order valence-electron chi connectivity index (χ4n) is 4.17. The number of hydrogen-bond acceptors (Lipinski definition) is 6. The average Bonchev–Trinajstić information content (AvgIpc) is 3.33. The lowest BCUT2D eigenvalue weighted by atomic mass is 10.1. The van der Waals surface area contributed by atoms with Crippen LogP contribution in [0.5, 0.6) is 5.75 Å². The molecular weight excluding hydrogens is 477 g/mol. The standard InChI is InChI=1S/C27H30FN5O4/c1-3-4-12-32-13-14-33-26(36)23(37-17-18-8-6-5-7-9-18)22(31-27(32)33)25(35)30-16-19-10-11-20(28)15-21(19)24(34)29-2/h5-11,15H,3-4,12-14,16-17H2,1-2H3,(H,29,34)(H,30,35). The van der Waals surface area contributed by atoms with Crippen LogP contribution in [0.1, 0.15) is 51.7 Å². The Kier molecular flexibility index (Phi) is 8.17. The summed E-state index contributed by atoms with van der Waals surface area (Å²) in [5.41, 5.74) is 0.821. The van der Waals surface area contributed by atoms with E-state index in [4.69, 9.17) is 4.74 Å². The second kappa shape index (κ2) is 11.7. The molecule has 4 rings (SSSR count). The van der Waals surface area contributed by atoms with E-state index >= 15 is 0 Å². The van der Waals surface area contributed by atoms with Gasteiger partial charge in [0.25, 0.3) is 17.4 Å². The van der Waals surface area contributed by atoms with Crippen LogP contribution in [0.4, 0.5) is 10.3 Å². The molecule has 1 aliphatic heterocycles. The van der Waals surface area contributed by atoms with E-state index in [1.54, 1.807) is 0 Å². The minimum Gasteiger partial charge on any atom is -0.481 e. The zero-order valence-electron chi connectivity index (χ0n) is 20.9. The van der Waals surface area contributed by atoms with Crippen LogP contribution in [0.15, 0.2) is 53.3 Å². The zero-order valence-corrected chi connectivity index (χ0v) is 20.9. The molecule has 0 radical (unpaired) electrons. The quantitative estimate of drug-likeness (QED) is 0.437. The van der Waals surface area contributed by atoms with Gasteiger partial charge in [-0.15, -0.1) is 0 Å². The number of aromatic nitrogens is 2. The van der Waals surface area contributed by atoms with Crippen molar-refractivity contribution >= 4 is 17.8 Å². The second-order valence-corrected chi connectivity index (χ2v) is 8.72. The Labute approximate surface area is 214 Å². The Hall–Kier alpha value is -4.21. The Morgan fingerprint density at radius 3 is 2.62 bits per heavy atom. The van der Waals surface area contributed by atoms with Gasteiger partial charge in [-0.2, -0.15) is 0 Å². The van der Waals surface area contributed by atoms with E-state index in [2.05, 4.69) is 22.5 Å². The van der Waals surface area contributed by atoms with Crippen molar-refractivity contribution in [2.45, 2.75) is 39.5 Å². The number of hydrogen-bond donors (Lipinski definition) is 2. The van der Waals surface area contributed by atoms with E-state index in [0.29, 0.717) is 24.6 Å². The molecule has 2 N–H and O–H groups in total. The van der Waals surface area contributed by atoms with Crippen molar-refractivity contribution in [1.29, 1.82) is 0 Å². The summed E-state index contributed by atoms with van der Waals surface area (Å²) < 4.78 is 21.2. The minimum atomic E-state index is -0.627. The first-order chi connectivity index (χ1) is 17.9. The van der Waals surface area contributed by atoms with Gasteiger partial charge in [-0.25, -0.2) is 9.37 Å². The molecule has 9 nitrogen and oxygen atoms in total. The van der Waals surface area contributed by atoms with Crippen molar-refractivity contribution in [3.05, 3.63) is 87.1 Å². The van der Waals surface area contributed by atoms with Gasteiger partial charge in [0.1, 0.15) is 12.4 Å². The number of rotatable bonds is 10. The van der Waals surface area contributed by atoms with E-state index in [0.717, 1.165) is 31.0 Å². The summed E-state index contributed by atoms with van der Waals surface area (Å²) in [6, 6.07) is 13.1. The summed E-state index contributed by atoms with van der Waals surface area (Å²) in [4.78, 5) is 45.5. The third kappa shape index (κ3) is 5.79. The van der Waals surface area contributed by atoms with Crippen LogP contribution in [0.3, 0.4) is 0 Å². The molecule has 0 saturated heterocycles. The predicted octanol–water partition coefficient (Wildman–Crippen LogP) is 2.87. The van der Waals surface area contributed by atoms with Crippen LogP contribution in [0.25, 0.3) is 0 Å². The lowest BCUT2D eigenvalue weighted by molar-refractivity contribution is 0.0931. The Balaban J connectivity index is 1.65. The van der Waals surface area contributed by atoms with Gasteiger partial charge in [-0.05, 0) is 29.7 Å². The molecule has 3 aromatic rings. The van der Waals surface area contributed by atoms with Gasteiger partial charge >= 0.3 is 0 Å². The molecule has 1 aromatic heterocycles. The molecular formula is C27H30FN5O4. The maximum absolute atomic E-state index is 13.7. The minimum absolute atomic E-state index is 0.0698. The first kappa shape index (κ1) is 25.9. The molecule has 0 unspecified atom stereocenters. The first-order valence-corrected chi connectivity index (χ1v) is 12.3. The largest absolute Gasteiger partial charge is 0.481 e. The topological polar surface area (TPSA) is 106 Å². The SMILES string of the molecule is CCCCN1CCn2c1nc(C(=O)NCc1ccc(F)cc1C(=O)NC)c(OCc1ccccc1)c2=O. The number of halogens is 1. The summed E-state index contributed by atoms with van der Waals surface area (Å²) in [6.45, 7) is 3.91. The number of carbonyl (C=O) groups excluding carboxylic acids is 2. The van der Waals surface area contributed by atoms with E-state index in [-0.39, 0.29) is 30.2 Å².